The Balaban J connectivity index is 1.92. The van der Waals surface area contributed by atoms with Crippen LogP contribution in [0.4, 0.5) is 0 Å². The van der Waals surface area contributed by atoms with Crippen molar-refractivity contribution >= 4 is 15.9 Å². The van der Waals surface area contributed by atoms with Crippen molar-refractivity contribution in [1.29, 1.82) is 0 Å². The first-order valence-electron chi connectivity index (χ1n) is 6.71. The molecule has 0 saturated heterocycles. The van der Waals surface area contributed by atoms with E-state index in [9.17, 15) is 0 Å². The number of rotatable bonds is 4. The summed E-state index contributed by atoms with van der Waals surface area (Å²) in [6.07, 6.45) is 2.55. The fourth-order valence-corrected chi connectivity index (χ4v) is 3.17. The van der Waals surface area contributed by atoms with Crippen molar-refractivity contribution in [3.05, 3.63) is 22.2 Å². The topological polar surface area (TPSA) is 47.7 Å². The lowest BCUT2D eigenvalue weighted by molar-refractivity contribution is 0.169. The maximum absolute atomic E-state index is 5.97. The predicted molar refractivity (Wildman–Crippen MR) is 77.7 cm³/mol. The average molecular weight is 327 g/mol. The van der Waals surface area contributed by atoms with E-state index in [2.05, 4.69) is 40.0 Å². The molecule has 1 heterocycles. The van der Waals surface area contributed by atoms with Crippen LogP contribution in [0, 0.1) is 0 Å². The summed E-state index contributed by atoms with van der Waals surface area (Å²) in [5.41, 5.74) is 7.16. The van der Waals surface area contributed by atoms with Gasteiger partial charge in [-0.2, -0.15) is 0 Å². The zero-order valence-electron chi connectivity index (χ0n) is 11.1. The van der Waals surface area contributed by atoms with Gasteiger partial charge in [0.2, 0.25) is 0 Å². The number of benzene rings is 1. The van der Waals surface area contributed by atoms with E-state index < -0.39 is 0 Å². The van der Waals surface area contributed by atoms with Crippen LogP contribution in [0.3, 0.4) is 0 Å². The van der Waals surface area contributed by atoms with Crippen LogP contribution >= 0.6 is 15.9 Å². The number of hydrogen-bond acceptors (Lipinski definition) is 4. The smallest absolute Gasteiger partial charge is 0.175 e. The summed E-state index contributed by atoms with van der Waals surface area (Å²) in [6.45, 7) is 1.82. The summed E-state index contributed by atoms with van der Waals surface area (Å²) in [6, 6.07) is 5.08. The van der Waals surface area contributed by atoms with Gasteiger partial charge in [0.05, 0.1) is 4.47 Å². The lowest BCUT2D eigenvalue weighted by Crippen LogP contribution is -2.32. The van der Waals surface area contributed by atoms with Crippen molar-refractivity contribution in [3.8, 4) is 11.5 Å². The van der Waals surface area contributed by atoms with Crippen LogP contribution in [-0.4, -0.2) is 37.7 Å². The van der Waals surface area contributed by atoms with Crippen molar-refractivity contribution in [1.82, 2.24) is 4.90 Å². The minimum absolute atomic E-state index is 0.236. The molecule has 0 radical (unpaired) electrons. The van der Waals surface area contributed by atoms with Crippen LogP contribution in [0.15, 0.2) is 16.6 Å². The van der Waals surface area contributed by atoms with Crippen molar-refractivity contribution in [2.45, 2.75) is 24.9 Å². The number of hydrogen-bond donors (Lipinski definition) is 1. The minimum Gasteiger partial charge on any atom is -0.486 e. The number of nitrogens with two attached hydrogens (primary N) is 1. The average Bonchev–Trinajstić information content (AvgIpc) is 3.24. The van der Waals surface area contributed by atoms with E-state index in [0.717, 1.165) is 16.0 Å². The number of halogens is 1. The molecule has 1 saturated carbocycles. The van der Waals surface area contributed by atoms with Crippen LogP contribution in [0.25, 0.3) is 0 Å². The molecule has 0 amide bonds. The maximum Gasteiger partial charge on any atom is 0.175 e. The molecule has 2 N–H and O–H groups in total. The molecule has 5 heteroatoms. The molecule has 0 bridgehead atoms. The molecule has 1 aromatic carbocycles. The van der Waals surface area contributed by atoms with Crippen molar-refractivity contribution in [2.75, 3.05) is 26.8 Å². The highest BCUT2D eigenvalue weighted by atomic mass is 79.9. The van der Waals surface area contributed by atoms with E-state index in [0.29, 0.717) is 25.8 Å². The highest BCUT2D eigenvalue weighted by Gasteiger charge is 2.32. The molecule has 1 aliphatic carbocycles. The Hall–Kier alpha value is -0.780. The van der Waals surface area contributed by atoms with E-state index in [4.69, 9.17) is 15.2 Å². The van der Waals surface area contributed by atoms with Crippen LogP contribution in [0.2, 0.25) is 0 Å². The van der Waals surface area contributed by atoms with Crippen molar-refractivity contribution in [3.63, 3.8) is 0 Å². The van der Waals surface area contributed by atoms with Gasteiger partial charge in [0.1, 0.15) is 13.2 Å². The zero-order valence-corrected chi connectivity index (χ0v) is 12.6. The monoisotopic (exact) mass is 326 g/mol. The normalized spacial score (nSPS) is 19.6. The first-order valence-corrected chi connectivity index (χ1v) is 7.51. The first kappa shape index (κ1) is 13.2. The zero-order chi connectivity index (χ0) is 13.4. The Morgan fingerprint density at radius 1 is 1.37 bits per heavy atom. The van der Waals surface area contributed by atoms with Crippen molar-refractivity contribution < 1.29 is 9.47 Å². The van der Waals surface area contributed by atoms with Crippen LogP contribution in [0.5, 0.6) is 11.5 Å². The van der Waals surface area contributed by atoms with Gasteiger partial charge in [0, 0.05) is 18.6 Å². The first-order chi connectivity index (χ1) is 9.20. The molecule has 4 nitrogen and oxygen atoms in total. The molecular weight excluding hydrogens is 308 g/mol. The summed E-state index contributed by atoms with van der Waals surface area (Å²) < 4.78 is 12.3. The third-order valence-corrected chi connectivity index (χ3v) is 4.43. The Kier molecular flexibility index (Phi) is 3.69. The van der Waals surface area contributed by atoms with E-state index in [1.807, 2.05) is 0 Å². The van der Waals surface area contributed by atoms with Gasteiger partial charge in [-0.05, 0) is 53.5 Å². The SMILES string of the molecule is CN(C1CC1)C(CN)c1cc(Br)c2c(c1)OCCO2. The lowest BCUT2D eigenvalue weighted by atomic mass is 10.0. The summed E-state index contributed by atoms with van der Waals surface area (Å²) in [4.78, 5) is 2.37. The van der Waals surface area contributed by atoms with Gasteiger partial charge >= 0.3 is 0 Å². The molecule has 3 rings (SSSR count). The van der Waals surface area contributed by atoms with Gasteiger partial charge in [-0.3, -0.25) is 4.90 Å². The largest absolute Gasteiger partial charge is 0.486 e. The van der Waals surface area contributed by atoms with E-state index in [1.54, 1.807) is 0 Å². The van der Waals surface area contributed by atoms with Crippen LogP contribution < -0.4 is 15.2 Å². The van der Waals surface area contributed by atoms with Gasteiger partial charge in [-0.25, -0.2) is 0 Å². The second-order valence-electron chi connectivity index (χ2n) is 5.18. The fourth-order valence-electron chi connectivity index (χ4n) is 2.60. The molecule has 1 aliphatic heterocycles. The molecular formula is C14H19BrN2O2. The second-order valence-corrected chi connectivity index (χ2v) is 6.03. The van der Waals surface area contributed by atoms with Gasteiger partial charge in [-0.15, -0.1) is 0 Å². The Morgan fingerprint density at radius 3 is 2.79 bits per heavy atom. The maximum atomic E-state index is 5.97. The van der Waals surface area contributed by atoms with E-state index in [-0.39, 0.29) is 6.04 Å². The lowest BCUT2D eigenvalue weighted by Gasteiger charge is -2.29. The molecule has 1 unspecified atom stereocenters. The Labute approximate surface area is 122 Å². The quantitative estimate of drug-likeness (QED) is 0.922. The number of fused-ring (bicyclic) bond motifs is 1. The summed E-state index contributed by atoms with van der Waals surface area (Å²) in [5, 5.41) is 0. The minimum atomic E-state index is 0.236. The van der Waals surface area contributed by atoms with Crippen molar-refractivity contribution in [2.24, 2.45) is 5.73 Å². The molecule has 0 spiro atoms. The van der Waals surface area contributed by atoms with Crippen LogP contribution in [-0.2, 0) is 0 Å². The van der Waals surface area contributed by atoms with Gasteiger partial charge in [0.25, 0.3) is 0 Å². The second kappa shape index (κ2) is 5.31. The molecule has 0 aromatic heterocycles. The highest BCUT2D eigenvalue weighted by molar-refractivity contribution is 9.10. The number of ether oxygens (including phenoxy) is 2. The predicted octanol–water partition coefficient (Wildman–Crippen LogP) is 2.31. The summed E-state index contributed by atoms with van der Waals surface area (Å²) in [5.74, 6) is 1.62. The summed E-state index contributed by atoms with van der Waals surface area (Å²) >= 11 is 3.57. The molecule has 104 valence electrons. The third kappa shape index (κ3) is 2.59. The molecule has 1 fully saturated rings. The molecule has 1 aromatic rings. The molecule has 2 aliphatic rings. The molecule has 1 atom stereocenters. The van der Waals surface area contributed by atoms with E-state index in [1.165, 1.54) is 18.4 Å². The highest BCUT2D eigenvalue weighted by Crippen LogP contribution is 2.41. The van der Waals surface area contributed by atoms with E-state index >= 15 is 0 Å². The molecule has 19 heavy (non-hydrogen) atoms. The third-order valence-electron chi connectivity index (χ3n) is 3.84. The number of likely N-dealkylation sites (N-methyl/N-ethyl adjacent to an activating group) is 1. The standard InChI is InChI=1S/C14H19BrN2O2/c1-17(10-2-3-10)12(8-16)9-6-11(15)14-13(7-9)18-4-5-19-14/h6-7,10,12H,2-5,8,16H2,1H3. The Bertz CT molecular complexity index is 477. The Morgan fingerprint density at radius 2 is 2.11 bits per heavy atom. The van der Waals surface area contributed by atoms with Crippen LogP contribution in [0.1, 0.15) is 24.4 Å². The fraction of sp³-hybridized carbons (Fsp3) is 0.571. The van der Waals surface area contributed by atoms with Gasteiger partial charge < -0.3 is 15.2 Å². The van der Waals surface area contributed by atoms with Gasteiger partial charge in [-0.1, -0.05) is 0 Å². The summed E-state index contributed by atoms with van der Waals surface area (Å²) in [7, 11) is 2.15. The number of nitrogens with zero attached hydrogens (tertiary/aromatic N) is 1. The van der Waals surface area contributed by atoms with Gasteiger partial charge in [0.15, 0.2) is 11.5 Å².